The molecule has 0 spiro atoms. The topological polar surface area (TPSA) is 138 Å². The number of nitrogens with one attached hydrogen (secondary N) is 1. The highest BCUT2D eigenvalue weighted by Crippen LogP contribution is 2.21. The third kappa shape index (κ3) is 2.03. The van der Waals surface area contributed by atoms with E-state index in [1.165, 1.54) is 13.8 Å². The minimum atomic E-state index is -1.69. The first-order valence-electron chi connectivity index (χ1n) is 4.30. The Kier molecular flexibility index (Phi) is 4.13. The number of amides is 4. The number of carbonyl (C=O) groups is 3. The van der Waals surface area contributed by atoms with Crippen LogP contribution in [0.2, 0.25) is 0 Å². The van der Waals surface area contributed by atoms with Crippen molar-refractivity contribution in [2.45, 2.75) is 25.5 Å². The summed E-state index contributed by atoms with van der Waals surface area (Å²) in [4.78, 5) is 34.6. The highest BCUT2D eigenvalue weighted by molar-refractivity contribution is 6.14. The van der Waals surface area contributed by atoms with E-state index < -0.39 is 36.1 Å². The molecule has 8 nitrogen and oxygen atoms in total. The van der Waals surface area contributed by atoms with E-state index in [0.29, 0.717) is 4.90 Å². The molecular weight excluding hydrogens is 220 g/mol. The minimum absolute atomic E-state index is 0. The molecule has 1 aliphatic heterocycles. The van der Waals surface area contributed by atoms with Gasteiger partial charge in [-0.2, -0.15) is 0 Å². The summed E-state index contributed by atoms with van der Waals surface area (Å²) in [5.74, 6) is -1.61. The Hall–Kier alpha value is -1.51. The molecule has 1 rings (SSSR count). The Bertz CT molecular complexity index is 326. The molecule has 0 aromatic rings. The molecule has 1 saturated heterocycles. The van der Waals surface area contributed by atoms with Crippen LogP contribution in [0, 0.1) is 0 Å². The summed E-state index contributed by atoms with van der Waals surface area (Å²) in [6.07, 6.45) is -1.69. The van der Waals surface area contributed by atoms with Crippen LogP contribution >= 0.6 is 0 Å². The zero-order valence-electron chi connectivity index (χ0n) is 8.85. The van der Waals surface area contributed by atoms with Gasteiger partial charge in [0.05, 0.1) is 6.61 Å². The van der Waals surface area contributed by atoms with Crippen molar-refractivity contribution >= 4 is 17.8 Å². The van der Waals surface area contributed by atoms with Crippen molar-refractivity contribution in [3.05, 3.63) is 0 Å². The summed E-state index contributed by atoms with van der Waals surface area (Å²) in [5, 5.41) is 19.6. The van der Waals surface area contributed by atoms with Crippen molar-refractivity contribution in [3.63, 3.8) is 0 Å². The van der Waals surface area contributed by atoms with Crippen LogP contribution in [0.25, 0.3) is 0 Å². The molecule has 1 aliphatic rings. The van der Waals surface area contributed by atoms with E-state index in [0.717, 1.165) is 0 Å². The van der Waals surface area contributed by atoms with Crippen molar-refractivity contribution in [2.75, 3.05) is 6.61 Å². The summed E-state index contributed by atoms with van der Waals surface area (Å²) in [5.41, 5.74) is -1.34. The zero-order valence-corrected chi connectivity index (χ0v) is 8.85. The Balaban J connectivity index is 0.00000225. The number of aliphatic hydroxyl groups excluding tert-OH is 2. The summed E-state index contributed by atoms with van der Waals surface area (Å²) in [6, 6.07) is -0.887. The quantitative estimate of drug-likeness (QED) is 0.448. The van der Waals surface area contributed by atoms with Crippen LogP contribution in [0.15, 0.2) is 0 Å². The Morgan fingerprint density at radius 1 is 1.50 bits per heavy atom. The number of hydrogen-bond donors (Lipinski definition) is 3. The third-order valence-electron chi connectivity index (χ3n) is 2.22. The molecule has 4 amide bonds. The molecule has 5 N–H and O–H groups in total. The summed E-state index contributed by atoms with van der Waals surface area (Å²) in [6.45, 7) is 1.94. The molecule has 1 unspecified atom stereocenters. The molecule has 0 saturated carbocycles. The molecule has 1 atom stereocenters. The van der Waals surface area contributed by atoms with Gasteiger partial charge >= 0.3 is 6.03 Å². The van der Waals surface area contributed by atoms with E-state index in [4.69, 9.17) is 10.2 Å². The van der Waals surface area contributed by atoms with E-state index in [9.17, 15) is 14.4 Å². The minimum Gasteiger partial charge on any atom is -0.412 e. The Morgan fingerprint density at radius 2 is 2.00 bits per heavy atom. The molecule has 0 aromatic carbocycles. The predicted molar refractivity (Wildman–Crippen MR) is 51.2 cm³/mol. The fraction of sp³-hybridized carbons (Fsp3) is 0.625. The highest BCUT2D eigenvalue weighted by Gasteiger charge is 2.50. The van der Waals surface area contributed by atoms with Gasteiger partial charge in [0, 0.05) is 0 Å². The lowest BCUT2D eigenvalue weighted by Gasteiger charge is -2.27. The van der Waals surface area contributed by atoms with Crippen LogP contribution in [0.1, 0.15) is 13.8 Å². The van der Waals surface area contributed by atoms with E-state index in [1.54, 1.807) is 0 Å². The van der Waals surface area contributed by atoms with Gasteiger partial charge in [-0.05, 0) is 13.8 Å². The second-order valence-corrected chi connectivity index (χ2v) is 3.69. The van der Waals surface area contributed by atoms with Crippen LogP contribution in [0.4, 0.5) is 4.79 Å². The van der Waals surface area contributed by atoms with Crippen molar-refractivity contribution < 1.29 is 30.1 Å². The number of urea groups is 1. The van der Waals surface area contributed by atoms with Crippen molar-refractivity contribution in [1.82, 2.24) is 10.2 Å². The highest BCUT2D eigenvalue weighted by atomic mass is 16.3. The van der Waals surface area contributed by atoms with Crippen LogP contribution in [-0.4, -0.2) is 56.7 Å². The maximum absolute atomic E-state index is 11.5. The van der Waals surface area contributed by atoms with Gasteiger partial charge in [0.25, 0.3) is 11.8 Å². The Labute approximate surface area is 91.2 Å². The van der Waals surface area contributed by atoms with Crippen molar-refractivity contribution in [3.8, 4) is 0 Å². The molecular formula is C8H14N2O6. The summed E-state index contributed by atoms with van der Waals surface area (Å²) in [7, 11) is 0. The van der Waals surface area contributed by atoms with Gasteiger partial charge in [-0.3, -0.25) is 14.9 Å². The summed E-state index contributed by atoms with van der Waals surface area (Å²) < 4.78 is 0. The molecule has 1 heterocycles. The first kappa shape index (κ1) is 14.5. The second-order valence-electron chi connectivity index (χ2n) is 3.69. The number of imide groups is 2. The maximum Gasteiger partial charge on any atom is 0.331 e. The lowest BCUT2D eigenvalue weighted by atomic mass is 10.0. The van der Waals surface area contributed by atoms with Crippen molar-refractivity contribution in [1.29, 1.82) is 0 Å². The average molecular weight is 234 g/mol. The molecule has 92 valence electrons. The van der Waals surface area contributed by atoms with E-state index in [2.05, 4.69) is 0 Å². The smallest absolute Gasteiger partial charge is 0.331 e. The van der Waals surface area contributed by atoms with Gasteiger partial charge in [0.15, 0.2) is 6.10 Å². The maximum atomic E-state index is 11.5. The number of carbonyl (C=O) groups excluding carboxylic acids is 3. The van der Waals surface area contributed by atoms with Crippen LogP contribution in [0.5, 0.6) is 0 Å². The summed E-state index contributed by atoms with van der Waals surface area (Å²) >= 11 is 0. The first-order chi connectivity index (χ1) is 6.82. The standard InChI is InChI=1S/C8H12N2O5.H2O/c1-8(2)6(14)9-7(15)10(8)5(13)4(12)3-11;/h4,11-12H,3H2,1-2H3,(H,9,14,15);1H2. The van der Waals surface area contributed by atoms with Gasteiger partial charge in [-0.25, -0.2) is 9.69 Å². The molecule has 16 heavy (non-hydrogen) atoms. The molecule has 1 fully saturated rings. The lowest BCUT2D eigenvalue weighted by Crippen LogP contribution is -2.52. The van der Waals surface area contributed by atoms with Crippen LogP contribution < -0.4 is 5.32 Å². The van der Waals surface area contributed by atoms with E-state index in [-0.39, 0.29) is 5.48 Å². The van der Waals surface area contributed by atoms with Gasteiger partial charge < -0.3 is 15.7 Å². The Morgan fingerprint density at radius 3 is 2.31 bits per heavy atom. The SMILES string of the molecule is CC1(C)C(=O)NC(=O)N1C(=O)C(O)CO.O. The van der Waals surface area contributed by atoms with Crippen LogP contribution in [0.3, 0.4) is 0 Å². The molecule has 0 aliphatic carbocycles. The fourth-order valence-electron chi connectivity index (χ4n) is 1.26. The molecule has 0 aromatic heterocycles. The van der Waals surface area contributed by atoms with Gasteiger partial charge in [0.2, 0.25) is 0 Å². The normalized spacial score (nSPS) is 20.1. The number of nitrogens with zero attached hydrogens (tertiary/aromatic N) is 1. The number of hydrogen-bond acceptors (Lipinski definition) is 5. The fourth-order valence-corrected chi connectivity index (χ4v) is 1.26. The lowest BCUT2D eigenvalue weighted by molar-refractivity contribution is -0.145. The largest absolute Gasteiger partial charge is 0.412 e. The molecule has 0 radical (unpaired) electrons. The molecule has 8 heteroatoms. The van der Waals surface area contributed by atoms with Crippen LogP contribution in [-0.2, 0) is 9.59 Å². The van der Waals surface area contributed by atoms with E-state index >= 15 is 0 Å². The third-order valence-corrected chi connectivity index (χ3v) is 2.22. The monoisotopic (exact) mass is 234 g/mol. The van der Waals surface area contributed by atoms with Crippen molar-refractivity contribution in [2.24, 2.45) is 0 Å². The predicted octanol–water partition coefficient (Wildman–Crippen LogP) is -2.63. The van der Waals surface area contributed by atoms with Gasteiger partial charge in [-0.15, -0.1) is 0 Å². The zero-order chi connectivity index (χ0) is 11.8. The molecule has 0 bridgehead atoms. The second kappa shape index (κ2) is 4.56. The average Bonchev–Trinajstić information content (AvgIpc) is 2.34. The number of rotatable bonds is 2. The number of aliphatic hydroxyl groups is 2. The first-order valence-corrected chi connectivity index (χ1v) is 4.30. The van der Waals surface area contributed by atoms with Gasteiger partial charge in [-0.1, -0.05) is 0 Å². The van der Waals surface area contributed by atoms with E-state index in [1.807, 2.05) is 5.32 Å². The van der Waals surface area contributed by atoms with Gasteiger partial charge in [0.1, 0.15) is 5.54 Å².